The second kappa shape index (κ2) is 6.97. The van der Waals surface area contributed by atoms with Crippen molar-refractivity contribution in [1.82, 2.24) is 0 Å². The zero-order chi connectivity index (χ0) is 16.2. The Balaban J connectivity index is 2.39. The molecule has 2 aromatic rings. The number of benzene rings is 2. The van der Waals surface area contributed by atoms with Gasteiger partial charge in [0, 0.05) is 15.7 Å². The molecule has 0 radical (unpaired) electrons. The monoisotopic (exact) mass is 361 g/mol. The molecule has 0 aromatic heterocycles. The second-order valence-corrected chi connectivity index (χ2v) is 6.27. The molecule has 2 rings (SSSR count). The maximum atomic E-state index is 12.9. The Hall–Kier alpha value is -1.81. The number of carbonyl (C=O) groups excluding carboxylic acids is 1. The number of amides is 1. The van der Waals surface area contributed by atoms with Crippen molar-refractivity contribution in [1.29, 1.82) is 0 Å². The van der Waals surface area contributed by atoms with Crippen molar-refractivity contribution in [3.63, 3.8) is 0 Å². The van der Waals surface area contributed by atoms with Crippen LogP contribution in [0.1, 0.15) is 25.8 Å². The van der Waals surface area contributed by atoms with Crippen LogP contribution in [0.5, 0.6) is 5.75 Å². The van der Waals surface area contributed by atoms with Crippen LogP contribution >= 0.6 is 15.9 Å². The van der Waals surface area contributed by atoms with E-state index in [0.29, 0.717) is 6.42 Å². The number of halogens is 1. The first-order valence-corrected chi connectivity index (χ1v) is 8.01. The maximum absolute atomic E-state index is 12.9. The molecule has 0 aliphatic carbocycles. The molecule has 0 fully saturated rings. The first kappa shape index (κ1) is 16.6. The molecule has 1 unspecified atom stereocenters. The van der Waals surface area contributed by atoms with Crippen LogP contribution in [0.4, 0.5) is 5.69 Å². The minimum Gasteiger partial charge on any atom is -0.496 e. The van der Waals surface area contributed by atoms with Crippen LogP contribution in [0.3, 0.4) is 0 Å². The SMILES string of the molecule is CCC(C)(C(=O)Nc1ccccc1)c1cc(Br)ccc1OC. The van der Waals surface area contributed by atoms with Gasteiger partial charge in [-0.1, -0.05) is 41.1 Å². The summed E-state index contributed by atoms with van der Waals surface area (Å²) in [4.78, 5) is 12.9. The van der Waals surface area contributed by atoms with E-state index >= 15 is 0 Å². The van der Waals surface area contributed by atoms with E-state index in [1.165, 1.54) is 0 Å². The van der Waals surface area contributed by atoms with Gasteiger partial charge in [0.1, 0.15) is 5.75 Å². The van der Waals surface area contributed by atoms with E-state index in [1.807, 2.05) is 62.4 Å². The van der Waals surface area contributed by atoms with Crippen molar-refractivity contribution >= 4 is 27.5 Å². The predicted molar refractivity (Wildman–Crippen MR) is 93.4 cm³/mol. The van der Waals surface area contributed by atoms with E-state index < -0.39 is 5.41 Å². The van der Waals surface area contributed by atoms with Crippen LogP contribution in [-0.2, 0) is 10.2 Å². The highest BCUT2D eigenvalue weighted by molar-refractivity contribution is 9.10. The Bertz CT molecular complexity index is 657. The van der Waals surface area contributed by atoms with Gasteiger partial charge in [0.05, 0.1) is 12.5 Å². The molecular weight excluding hydrogens is 342 g/mol. The first-order chi connectivity index (χ1) is 10.5. The van der Waals surface area contributed by atoms with Gasteiger partial charge in [0.15, 0.2) is 0 Å². The predicted octanol–water partition coefficient (Wildman–Crippen LogP) is 4.76. The van der Waals surface area contributed by atoms with Crippen LogP contribution in [0.2, 0.25) is 0 Å². The summed E-state index contributed by atoms with van der Waals surface area (Å²) in [5, 5.41) is 2.99. The van der Waals surface area contributed by atoms with E-state index in [1.54, 1.807) is 7.11 Å². The third kappa shape index (κ3) is 3.33. The molecule has 0 saturated heterocycles. The number of ether oxygens (including phenoxy) is 1. The molecule has 3 nitrogen and oxygen atoms in total. The number of anilines is 1. The second-order valence-electron chi connectivity index (χ2n) is 5.35. The van der Waals surface area contributed by atoms with Gasteiger partial charge in [-0.2, -0.15) is 0 Å². The lowest BCUT2D eigenvalue weighted by Crippen LogP contribution is -2.37. The standard InChI is InChI=1S/C18H20BrNO2/c1-4-18(2,15-12-13(19)10-11-16(15)22-3)17(21)20-14-8-6-5-7-9-14/h5-12H,4H2,1-3H3,(H,20,21). The molecule has 1 atom stereocenters. The Morgan fingerprint density at radius 2 is 1.91 bits per heavy atom. The lowest BCUT2D eigenvalue weighted by Gasteiger charge is -2.29. The normalized spacial score (nSPS) is 13.3. The number of methoxy groups -OCH3 is 1. The molecule has 4 heteroatoms. The Kier molecular flexibility index (Phi) is 5.24. The van der Waals surface area contributed by atoms with E-state index in [0.717, 1.165) is 21.5 Å². The third-order valence-corrected chi connectivity index (χ3v) is 4.49. The summed E-state index contributed by atoms with van der Waals surface area (Å²) in [6.45, 7) is 3.94. The van der Waals surface area contributed by atoms with Gasteiger partial charge in [0.2, 0.25) is 5.91 Å². The van der Waals surface area contributed by atoms with E-state index in [2.05, 4.69) is 21.2 Å². The first-order valence-electron chi connectivity index (χ1n) is 7.21. The summed E-state index contributed by atoms with van der Waals surface area (Å²) in [6.07, 6.45) is 0.665. The molecule has 116 valence electrons. The average Bonchev–Trinajstić information content (AvgIpc) is 2.55. The van der Waals surface area contributed by atoms with Gasteiger partial charge >= 0.3 is 0 Å². The van der Waals surface area contributed by atoms with Gasteiger partial charge in [-0.15, -0.1) is 0 Å². The fourth-order valence-corrected chi connectivity index (χ4v) is 2.74. The lowest BCUT2D eigenvalue weighted by molar-refractivity contribution is -0.121. The summed E-state index contributed by atoms with van der Waals surface area (Å²) in [5.74, 6) is 0.674. The van der Waals surface area contributed by atoms with Crippen molar-refractivity contribution in [2.45, 2.75) is 25.7 Å². The molecule has 2 aromatic carbocycles. The Morgan fingerprint density at radius 1 is 1.23 bits per heavy atom. The molecule has 22 heavy (non-hydrogen) atoms. The molecule has 1 N–H and O–H groups in total. The van der Waals surface area contributed by atoms with Crippen molar-refractivity contribution < 1.29 is 9.53 Å². The Morgan fingerprint density at radius 3 is 2.50 bits per heavy atom. The van der Waals surface area contributed by atoms with Gasteiger partial charge in [-0.3, -0.25) is 4.79 Å². The highest BCUT2D eigenvalue weighted by atomic mass is 79.9. The van der Waals surface area contributed by atoms with Gasteiger partial charge in [-0.05, 0) is 43.7 Å². The largest absolute Gasteiger partial charge is 0.496 e. The van der Waals surface area contributed by atoms with Crippen LogP contribution in [0.15, 0.2) is 53.0 Å². The minimum atomic E-state index is -0.676. The van der Waals surface area contributed by atoms with E-state index in [4.69, 9.17) is 4.74 Å². The van der Waals surface area contributed by atoms with Crippen LogP contribution in [-0.4, -0.2) is 13.0 Å². The zero-order valence-corrected chi connectivity index (χ0v) is 14.6. The molecule has 0 saturated carbocycles. The highest BCUT2D eigenvalue weighted by Crippen LogP contribution is 2.37. The number of para-hydroxylation sites is 1. The van der Waals surface area contributed by atoms with Gasteiger partial charge in [-0.25, -0.2) is 0 Å². The van der Waals surface area contributed by atoms with Crippen molar-refractivity contribution in [2.24, 2.45) is 0 Å². The summed E-state index contributed by atoms with van der Waals surface area (Å²) >= 11 is 3.48. The molecule has 1 amide bonds. The summed E-state index contributed by atoms with van der Waals surface area (Å²) < 4.78 is 6.37. The zero-order valence-electron chi connectivity index (χ0n) is 13.0. The molecular formula is C18H20BrNO2. The average molecular weight is 362 g/mol. The lowest BCUT2D eigenvalue weighted by atomic mass is 9.78. The minimum absolute atomic E-state index is 0.0439. The van der Waals surface area contributed by atoms with Gasteiger partial charge in [0.25, 0.3) is 0 Å². The van der Waals surface area contributed by atoms with Crippen LogP contribution in [0, 0.1) is 0 Å². The topological polar surface area (TPSA) is 38.3 Å². The fraction of sp³-hybridized carbons (Fsp3) is 0.278. The number of rotatable bonds is 5. The van der Waals surface area contributed by atoms with Crippen molar-refractivity contribution in [3.05, 3.63) is 58.6 Å². The maximum Gasteiger partial charge on any atom is 0.234 e. The van der Waals surface area contributed by atoms with E-state index in [9.17, 15) is 4.79 Å². The molecule has 0 heterocycles. The van der Waals surface area contributed by atoms with Crippen molar-refractivity contribution in [3.8, 4) is 5.75 Å². The summed E-state index contributed by atoms with van der Waals surface area (Å²) in [5.41, 5.74) is 0.992. The van der Waals surface area contributed by atoms with Crippen LogP contribution < -0.4 is 10.1 Å². The van der Waals surface area contributed by atoms with Crippen molar-refractivity contribution in [2.75, 3.05) is 12.4 Å². The third-order valence-electron chi connectivity index (χ3n) is 4.00. The van der Waals surface area contributed by atoms with Crippen LogP contribution in [0.25, 0.3) is 0 Å². The molecule has 0 aliphatic heterocycles. The quantitative estimate of drug-likeness (QED) is 0.833. The van der Waals surface area contributed by atoms with Gasteiger partial charge < -0.3 is 10.1 Å². The number of nitrogens with one attached hydrogen (secondary N) is 1. The smallest absolute Gasteiger partial charge is 0.234 e. The van der Waals surface area contributed by atoms with E-state index in [-0.39, 0.29) is 5.91 Å². The summed E-state index contributed by atoms with van der Waals surface area (Å²) in [6, 6.07) is 15.2. The highest BCUT2D eigenvalue weighted by Gasteiger charge is 2.36. The number of hydrogen-bond donors (Lipinski definition) is 1. The summed E-state index contributed by atoms with van der Waals surface area (Å²) in [7, 11) is 1.62. The fourth-order valence-electron chi connectivity index (χ4n) is 2.38. The molecule has 0 bridgehead atoms. The number of carbonyl (C=O) groups is 1. The molecule has 0 spiro atoms. The number of hydrogen-bond acceptors (Lipinski definition) is 2. The molecule has 0 aliphatic rings. The Labute approximate surface area is 139 Å².